The van der Waals surface area contributed by atoms with Crippen molar-refractivity contribution in [3.63, 3.8) is 0 Å². The van der Waals surface area contributed by atoms with Gasteiger partial charge in [0.2, 0.25) is 0 Å². The summed E-state index contributed by atoms with van der Waals surface area (Å²) in [4.78, 5) is 4.74. The highest BCUT2D eigenvalue weighted by atomic mass is 32.2. The number of nitrogens with two attached hydrogens (primary N) is 2. The molecule has 1 aromatic carbocycles. The van der Waals surface area contributed by atoms with Crippen LogP contribution < -0.4 is 16.2 Å². The Bertz CT molecular complexity index is 953. The summed E-state index contributed by atoms with van der Waals surface area (Å²) in [6.45, 7) is 9.21. The Labute approximate surface area is 239 Å². The number of piperidine rings is 1. The second-order valence-electron chi connectivity index (χ2n) is 11.7. The maximum Gasteiger partial charge on any atom is 0.123 e. The van der Waals surface area contributed by atoms with Crippen LogP contribution in [0.4, 0.5) is 4.39 Å². The van der Waals surface area contributed by atoms with E-state index in [1.165, 1.54) is 18.7 Å². The van der Waals surface area contributed by atoms with E-state index in [2.05, 4.69) is 45.8 Å². The minimum atomic E-state index is -0.143. The van der Waals surface area contributed by atoms with Crippen molar-refractivity contribution in [2.45, 2.75) is 82.5 Å². The average Bonchev–Trinajstić information content (AvgIpc) is 3.42. The number of hydrogen-bond donors (Lipinski definition) is 3. The molecule has 39 heavy (non-hydrogen) atoms. The van der Waals surface area contributed by atoms with Gasteiger partial charge in [0.05, 0.1) is 18.5 Å². The summed E-state index contributed by atoms with van der Waals surface area (Å²) in [5.74, 6) is 1.37. The maximum absolute atomic E-state index is 13.7. The lowest BCUT2D eigenvalue weighted by Gasteiger charge is -2.41. The van der Waals surface area contributed by atoms with Gasteiger partial charge < -0.3 is 21.1 Å². The average molecular weight is 561 g/mol. The summed E-state index contributed by atoms with van der Waals surface area (Å²) >= 11 is 1.79. The van der Waals surface area contributed by atoms with E-state index in [1.54, 1.807) is 24.3 Å². The lowest BCUT2D eigenvalue weighted by Crippen LogP contribution is -2.51. The van der Waals surface area contributed by atoms with E-state index in [9.17, 15) is 4.39 Å². The third-order valence-corrected chi connectivity index (χ3v) is 9.87. The summed E-state index contributed by atoms with van der Waals surface area (Å²) in [6, 6.07) is 8.63. The van der Waals surface area contributed by atoms with Gasteiger partial charge in [0.25, 0.3) is 0 Å². The Morgan fingerprint density at radius 2 is 1.97 bits per heavy atom. The first-order valence-corrected chi connectivity index (χ1v) is 15.5. The second kappa shape index (κ2) is 14.7. The molecule has 5 N–H and O–H groups in total. The first-order chi connectivity index (χ1) is 18.8. The first kappa shape index (κ1) is 30.2. The fraction of sp³-hybridized carbons (Fsp3) is 0.667. The number of nitrogens with zero attached hydrogens (tertiary/aromatic N) is 3. The number of rotatable bonds is 11. The number of allylic oxidation sites excluding steroid dienone is 2. The number of halogens is 1. The van der Waals surface area contributed by atoms with Crippen molar-refractivity contribution in [2.75, 3.05) is 39.8 Å². The van der Waals surface area contributed by atoms with Gasteiger partial charge >= 0.3 is 0 Å². The Morgan fingerprint density at radius 3 is 2.69 bits per heavy atom. The molecule has 1 aliphatic carbocycles. The van der Waals surface area contributed by atoms with Gasteiger partial charge in [-0.05, 0) is 101 Å². The molecule has 0 spiro atoms. The van der Waals surface area contributed by atoms with Gasteiger partial charge in [-0.2, -0.15) is 0 Å². The highest BCUT2D eigenvalue weighted by Crippen LogP contribution is 2.35. The molecule has 218 valence electrons. The van der Waals surface area contributed by atoms with Crippen LogP contribution in [0, 0.1) is 11.7 Å². The van der Waals surface area contributed by atoms with E-state index in [1.807, 2.05) is 12.1 Å². The van der Waals surface area contributed by atoms with Gasteiger partial charge in [-0.25, -0.2) is 13.4 Å². The molecule has 0 bridgehead atoms. The first-order valence-electron chi connectivity index (χ1n) is 14.7. The van der Waals surface area contributed by atoms with Gasteiger partial charge in [-0.15, -0.1) is 0 Å². The van der Waals surface area contributed by atoms with Gasteiger partial charge in [-0.3, -0.25) is 4.90 Å². The molecule has 3 aliphatic rings. The molecular formula is C30H49FN6OS. The third-order valence-electron chi connectivity index (χ3n) is 8.87. The molecule has 3 fully saturated rings. The van der Waals surface area contributed by atoms with E-state index in [4.69, 9.17) is 16.2 Å². The number of likely N-dealkylation sites (tertiary alicyclic amines) is 1. The Kier molecular flexibility index (Phi) is 11.4. The Hall–Kier alpha value is -1.78. The molecule has 4 rings (SSSR count). The molecule has 1 saturated carbocycles. The molecule has 9 heteroatoms. The number of ether oxygens (including phenoxy) is 1. The summed E-state index contributed by atoms with van der Waals surface area (Å²) in [7, 11) is 2.24. The van der Waals surface area contributed by atoms with E-state index < -0.39 is 0 Å². The van der Waals surface area contributed by atoms with Crippen LogP contribution in [0.1, 0.15) is 63.9 Å². The molecule has 7 nitrogen and oxygen atoms in total. The van der Waals surface area contributed by atoms with Crippen molar-refractivity contribution in [2.24, 2.45) is 17.4 Å². The van der Waals surface area contributed by atoms with Crippen LogP contribution >= 0.6 is 12.1 Å². The summed E-state index contributed by atoms with van der Waals surface area (Å²) < 4.78 is 26.5. The van der Waals surface area contributed by atoms with Crippen LogP contribution in [0.3, 0.4) is 0 Å². The smallest absolute Gasteiger partial charge is 0.123 e. The van der Waals surface area contributed by atoms with Crippen molar-refractivity contribution < 1.29 is 9.13 Å². The summed E-state index contributed by atoms with van der Waals surface area (Å²) in [6.07, 6.45) is 11.8. The molecule has 3 atom stereocenters. The van der Waals surface area contributed by atoms with E-state index in [-0.39, 0.29) is 11.9 Å². The maximum atomic E-state index is 13.7. The molecule has 0 aromatic heterocycles. The quantitative estimate of drug-likeness (QED) is 0.271. The van der Waals surface area contributed by atoms with Gasteiger partial charge in [0.1, 0.15) is 5.82 Å². The second-order valence-corrected chi connectivity index (χ2v) is 12.7. The standard InChI is InChI=1S/C30H49FN6OS/c1-22(2)35(3)27-13-17-37(20-27)39-34-29-14-16-36(30(33)8-5-15-32)19-25(29)21-38-28-11-9-23(10-12-28)24-6-4-7-26(31)18-24/h4-8,15,18,22-23,25,27-29,34H,9-14,16-17,19-21,32-33H2,1-3H3/b15-5-,30-8+/t23-,25?,27?,28+,29?. The minimum absolute atomic E-state index is 0.143. The highest BCUT2D eigenvalue weighted by Gasteiger charge is 2.33. The Morgan fingerprint density at radius 1 is 1.18 bits per heavy atom. The van der Waals surface area contributed by atoms with Gasteiger partial charge in [-0.1, -0.05) is 12.1 Å². The van der Waals surface area contributed by atoms with Crippen LogP contribution in [0.5, 0.6) is 0 Å². The largest absolute Gasteiger partial charge is 0.405 e. The predicted octanol–water partition coefficient (Wildman–Crippen LogP) is 4.40. The van der Waals surface area contributed by atoms with E-state index in [0.29, 0.717) is 36.6 Å². The van der Waals surface area contributed by atoms with E-state index >= 15 is 0 Å². The van der Waals surface area contributed by atoms with Crippen LogP contribution in [0.25, 0.3) is 0 Å². The number of benzene rings is 1. The van der Waals surface area contributed by atoms with Crippen LogP contribution in [-0.2, 0) is 4.74 Å². The fourth-order valence-electron chi connectivity index (χ4n) is 6.12. The molecular weight excluding hydrogens is 511 g/mol. The zero-order chi connectivity index (χ0) is 27.8. The van der Waals surface area contributed by atoms with Crippen molar-refractivity contribution >= 4 is 12.1 Å². The van der Waals surface area contributed by atoms with Crippen molar-refractivity contribution in [1.29, 1.82) is 0 Å². The van der Waals surface area contributed by atoms with Crippen LogP contribution in [0.15, 0.2) is 48.4 Å². The lowest BCUT2D eigenvalue weighted by molar-refractivity contribution is -0.0135. The summed E-state index contributed by atoms with van der Waals surface area (Å²) in [5.41, 5.74) is 13.0. The molecule has 1 aromatic rings. The highest BCUT2D eigenvalue weighted by molar-refractivity contribution is 7.95. The van der Waals surface area contributed by atoms with Crippen molar-refractivity contribution in [1.82, 2.24) is 18.8 Å². The zero-order valence-electron chi connectivity index (χ0n) is 24.0. The Balaban J connectivity index is 1.30. The van der Waals surface area contributed by atoms with Gasteiger partial charge in [0.15, 0.2) is 0 Å². The summed E-state index contributed by atoms with van der Waals surface area (Å²) in [5, 5.41) is 0. The predicted molar refractivity (Wildman–Crippen MR) is 160 cm³/mol. The monoisotopic (exact) mass is 560 g/mol. The van der Waals surface area contributed by atoms with E-state index in [0.717, 1.165) is 69.7 Å². The molecule has 0 amide bonds. The normalized spacial score (nSPS) is 29.2. The molecule has 2 saturated heterocycles. The minimum Gasteiger partial charge on any atom is -0.405 e. The van der Waals surface area contributed by atoms with Crippen molar-refractivity contribution in [3.05, 3.63) is 59.8 Å². The fourth-order valence-corrected chi connectivity index (χ4v) is 7.16. The molecule has 2 heterocycles. The van der Waals surface area contributed by atoms with Crippen molar-refractivity contribution in [3.8, 4) is 0 Å². The molecule has 3 unspecified atom stereocenters. The molecule has 0 radical (unpaired) electrons. The topological polar surface area (TPSA) is 83.0 Å². The molecule has 2 aliphatic heterocycles. The lowest BCUT2D eigenvalue weighted by atomic mass is 9.82. The third kappa shape index (κ3) is 8.60. The number of likely N-dealkylation sites (N-methyl/N-ethyl adjacent to an activating group) is 1. The van der Waals surface area contributed by atoms with Crippen LogP contribution in [0.2, 0.25) is 0 Å². The SMILES string of the molecule is CC(C)N(C)C1CCN(SNC2CCN(/C(N)=C/C=C\N)CC2CO[C@H]2CC[C@@H](c3cccc(F)c3)CC2)C1. The number of nitrogens with one attached hydrogen (secondary N) is 1. The zero-order valence-corrected chi connectivity index (χ0v) is 24.8. The van der Waals surface area contributed by atoms with Crippen LogP contribution in [-0.4, -0.2) is 78.2 Å². The number of hydrogen-bond acceptors (Lipinski definition) is 8. The van der Waals surface area contributed by atoms with Gasteiger partial charge in [0, 0.05) is 62.4 Å².